The highest BCUT2D eigenvalue weighted by atomic mass is 35.5. The summed E-state index contributed by atoms with van der Waals surface area (Å²) in [6.07, 6.45) is 0. The van der Waals surface area contributed by atoms with Gasteiger partial charge in [0.2, 0.25) is 5.88 Å². The molecule has 1 aromatic heterocycles. The maximum atomic E-state index is 13.0. The van der Waals surface area contributed by atoms with E-state index in [0.717, 1.165) is 0 Å². The number of aromatic nitrogens is 1. The highest BCUT2D eigenvalue weighted by Gasteiger charge is 2.19. The van der Waals surface area contributed by atoms with Crippen LogP contribution in [-0.4, -0.2) is 5.16 Å². The van der Waals surface area contributed by atoms with Gasteiger partial charge in [0, 0.05) is 16.1 Å². The first kappa shape index (κ1) is 13.9. The Morgan fingerprint density at radius 1 is 1.05 bits per heavy atom. The molecule has 0 aliphatic carbocycles. The summed E-state index contributed by atoms with van der Waals surface area (Å²) in [7, 11) is 0. The number of nitrogens with zero attached hydrogens (tertiary/aromatic N) is 1. The van der Waals surface area contributed by atoms with Gasteiger partial charge in [-0.3, -0.25) is 0 Å². The third-order valence-electron chi connectivity index (χ3n) is 3.04. The molecule has 106 valence electrons. The molecule has 2 aromatic carbocycles. The van der Waals surface area contributed by atoms with E-state index in [9.17, 15) is 4.39 Å². The molecule has 3 aromatic rings. The minimum Gasteiger partial charge on any atom is -0.367 e. The third kappa shape index (κ3) is 2.60. The van der Waals surface area contributed by atoms with Crippen molar-refractivity contribution in [2.24, 2.45) is 0 Å². The first-order valence-corrected chi connectivity index (χ1v) is 6.78. The first-order valence-electron chi connectivity index (χ1n) is 6.03. The van der Waals surface area contributed by atoms with Gasteiger partial charge in [-0.15, -0.1) is 0 Å². The summed E-state index contributed by atoms with van der Waals surface area (Å²) >= 11 is 12.1. The topological polar surface area (TPSA) is 52.0 Å². The largest absolute Gasteiger partial charge is 0.367 e. The minimum atomic E-state index is -0.332. The van der Waals surface area contributed by atoms with E-state index in [1.54, 1.807) is 30.3 Å². The van der Waals surface area contributed by atoms with Gasteiger partial charge in [-0.1, -0.05) is 34.4 Å². The van der Waals surface area contributed by atoms with Crippen LogP contribution < -0.4 is 5.73 Å². The van der Waals surface area contributed by atoms with Crippen LogP contribution in [0.2, 0.25) is 10.0 Å². The fraction of sp³-hybridized carbons (Fsp3) is 0. The molecule has 0 amide bonds. The Morgan fingerprint density at radius 2 is 1.76 bits per heavy atom. The summed E-state index contributed by atoms with van der Waals surface area (Å²) in [6, 6.07) is 10.9. The molecule has 0 fully saturated rings. The van der Waals surface area contributed by atoms with Crippen molar-refractivity contribution in [3.8, 4) is 22.4 Å². The highest BCUT2D eigenvalue weighted by molar-refractivity contribution is 6.36. The number of hydrogen-bond donors (Lipinski definition) is 1. The van der Waals surface area contributed by atoms with Crippen molar-refractivity contribution in [1.29, 1.82) is 0 Å². The Balaban J connectivity index is 2.19. The second kappa shape index (κ2) is 5.39. The van der Waals surface area contributed by atoms with Gasteiger partial charge < -0.3 is 10.3 Å². The molecule has 0 unspecified atom stereocenters. The summed E-state index contributed by atoms with van der Waals surface area (Å²) in [5.41, 5.74) is 8.24. The maximum absolute atomic E-state index is 13.0. The first-order chi connectivity index (χ1) is 10.1. The fourth-order valence-corrected chi connectivity index (χ4v) is 2.56. The van der Waals surface area contributed by atoms with Crippen LogP contribution in [0.25, 0.3) is 22.4 Å². The van der Waals surface area contributed by atoms with Crippen LogP contribution in [0.15, 0.2) is 47.0 Å². The summed E-state index contributed by atoms with van der Waals surface area (Å²) in [5.74, 6) is -0.195. The third-order valence-corrected chi connectivity index (χ3v) is 3.58. The Bertz CT molecular complexity index is 800. The van der Waals surface area contributed by atoms with Crippen molar-refractivity contribution in [1.82, 2.24) is 5.16 Å². The fourth-order valence-electron chi connectivity index (χ4n) is 2.06. The predicted molar refractivity (Wildman–Crippen MR) is 81.8 cm³/mol. The number of hydrogen-bond acceptors (Lipinski definition) is 3. The Labute approximate surface area is 130 Å². The summed E-state index contributed by atoms with van der Waals surface area (Å²) in [6.45, 7) is 0. The molecule has 0 atom stereocenters. The molecule has 2 N–H and O–H groups in total. The Hall–Kier alpha value is -2.04. The van der Waals surface area contributed by atoms with Crippen LogP contribution in [0.3, 0.4) is 0 Å². The number of rotatable bonds is 2. The van der Waals surface area contributed by atoms with Crippen LogP contribution in [0.4, 0.5) is 10.3 Å². The molecule has 0 bridgehead atoms. The number of anilines is 1. The zero-order valence-electron chi connectivity index (χ0n) is 10.6. The Morgan fingerprint density at radius 3 is 2.43 bits per heavy atom. The van der Waals surface area contributed by atoms with E-state index in [2.05, 4.69) is 5.16 Å². The van der Waals surface area contributed by atoms with Gasteiger partial charge in [-0.05, 0) is 36.4 Å². The van der Waals surface area contributed by atoms with E-state index in [4.69, 9.17) is 33.5 Å². The molecule has 0 saturated carbocycles. The average molecular weight is 323 g/mol. The second-order valence-corrected chi connectivity index (χ2v) is 5.25. The molecule has 0 radical (unpaired) electrons. The zero-order valence-corrected chi connectivity index (χ0v) is 12.1. The summed E-state index contributed by atoms with van der Waals surface area (Å²) in [5, 5.41) is 4.89. The smallest absolute Gasteiger partial charge is 0.230 e. The molecular formula is C15H9Cl2FN2O. The van der Waals surface area contributed by atoms with Gasteiger partial charge in [0.05, 0.1) is 10.6 Å². The van der Waals surface area contributed by atoms with Gasteiger partial charge in [0.25, 0.3) is 0 Å². The molecule has 1 heterocycles. The summed E-state index contributed by atoms with van der Waals surface area (Å²) in [4.78, 5) is 0. The minimum absolute atomic E-state index is 0.138. The molecule has 21 heavy (non-hydrogen) atoms. The van der Waals surface area contributed by atoms with E-state index in [1.807, 2.05) is 0 Å². The number of nitrogens with two attached hydrogens (primary N) is 1. The average Bonchev–Trinajstić information content (AvgIpc) is 2.82. The van der Waals surface area contributed by atoms with E-state index >= 15 is 0 Å². The molecule has 3 rings (SSSR count). The molecule has 6 heteroatoms. The van der Waals surface area contributed by atoms with Crippen molar-refractivity contribution in [3.05, 3.63) is 58.3 Å². The number of benzene rings is 2. The Kier molecular flexibility index (Phi) is 3.57. The monoisotopic (exact) mass is 322 g/mol. The van der Waals surface area contributed by atoms with Crippen LogP contribution >= 0.6 is 23.2 Å². The quantitative estimate of drug-likeness (QED) is 0.719. The summed E-state index contributed by atoms with van der Waals surface area (Å²) < 4.78 is 18.1. The number of nitrogen functional groups attached to an aromatic ring is 1. The lowest BCUT2D eigenvalue weighted by Gasteiger charge is -2.05. The van der Waals surface area contributed by atoms with Crippen LogP contribution in [-0.2, 0) is 0 Å². The van der Waals surface area contributed by atoms with E-state index in [1.165, 1.54) is 12.1 Å². The van der Waals surface area contributed by atoms with E-state index in [0.29, 0.717) is 32.4 Å². The highest BCUT2D eigenvalue weighted by Crippen LogP contribution is 2.40. The van der Waals surface area contributed by atoms with Crippen LogP contribution in [0.5, 0.6) is 0 Å². The van der Waals surface area contributed by atoms with Crippen molar-refractivity contribution < 1.29 is 8.91 Å². The van der Waals surface area contributed by atoms with Gasteiger partial charge in [-0.2, -0.15) is 0 Å². The lowest BCUT2D eigenvalue weighted by atomic mass is 10.0. The standard InChI is InChI=1S/C15H9Cl2FN2O/c16-9-3-6-11(12(17)7-9)13-14(20-21-15(13)19)8-1-4-10(18)5-2-8/h1-7H,19H2. The SMILES string of the molecule is Nc1onc(-c2ccc(F)cc2)c1-c1ccc(Cl)cc1Cl. The molecule has 0 aliphatic rings. The van der Waals surface area contributed by atoms with Crippen molar-refractivity contribution in [2.45, 2.75) is 0 Å². The maximum Gasteiger partial charge on any atom is 0.230 e. The van der Waals surface area contributed by atoms with Gasteiger partial charge >= 0.3 is 0 Å². The van der Waals surface area contributed by atoms with Crippen LogP contribution in [0, 0.1) is 5.82 Å². The molecular weight excluding hydrogens is 314 g/mol. The van der Waals surface area contributed by atoms with Crippen molar-refractivity contribution in [2.75, 3.05) is 5.73 Å². The van der Waals surface area contributed by atoms with Gasteiger partial charge in [0.1, 0.15) is 11.5 Å². The molecule has 3 nitrogen and oxygen atoms in total. The molecule has 0 saturated heterocycles. The zero-order chi connectivity index (χ0) is 15.0. The lowest BCUT2D eigenvalue weighted by molar-refractivity contribution is 0.439. The second-order valence-electron chi connectivity index (χ2n) is 4.40. The lowest BCUT2D eigenvalue weighted by Crippen LogP contribution is -1.89. The number of halogens is 3. The molecule has 0 aliphatic heterocycles. The van der Waals surface area contributed by atoms with E-state index < -0.39 is 0 Å². The van der Waals surface area contributed by atoms with Crippen LogP contribution in [0.1, 0.15) is 0 Å². The molecule has 0 spiro atoms. The predicted octanol–water partition coefficient (Wildman–Crippen LogP) is 5.04. The van der Waals surface area contributed by atoms with E-state index in [-0.39, 0.29) is 11.7 Å². The van der Waals surface area contributed by atoms with Crippen molar-refractivity contribution >= 4 is 29.1 Å². The van der Waals surface area contributed by atoms with Gasteiger partial charge in [-0.25, -0.2) is 4.39 Å². The normalized spacial score (nSPS) is 10.8. The van der Waals surface area contributed by atoms with Crippen molar-refractivity contribution in [3.63, 3.8) is 0 Å². The van der Waals surface area contributed by atoms with Gasteiger partial charge in [0.15, 0.2) is 0 Å².